The van der Waals surface area contributed by atoms with Crippen molar-refractivity contribution in [3.05, 3.63) is 46.7 Å². The second kappa shape index (κ2) is 5.34. The van der Waals surface area contributed by atoms with E-state index in [2.05, 4.69) is 43.5 Å². The summed E-state index contributed by atoms with van der Waals surface area (Å²) >= 11 is 0. The topological polar surface area (TPSA) is 47.3 Å². The van der Waals surface area contributed by atoms with E-state index >= 15 is 0 Å². The zero-order valence-corrected chi connectivity index (χ0v) is 10.5. The lowest BCUT2D eigenvalue weighted by atomic mass is 9.98. The van der Waals surface area contributed by atoms with Crippen molar-refractivity contribution in [2.24, 2.45) is 5.84 Å². The molecule has 1 aliphatic heterocycles. The van der Waals surface area contributed by atoms with Crippen LogP contribution in [0.1, 0.15) is 23.1 Å². The number of ether oxygens (including phenoxy) is 1. The maximum absolute atomic E-state index is 5.62. The van der Waals surface area contributed by atoms with Crippen molar-refractivity contribution in [2.45, 2.75) is 32.7 Å². The molecule has 1 aromatic rings. The van der Waals surface area contributed by atoms with Crippen molar-refractivity contribution in [3.63, 3.8) is 0 Å². The highest BCUT2D eigenvalue weighted by Gasteiger charge is 2.18. The molecule has 1 aliphatic rings. The van der Waals surface area contributed by atoms with Gasteiger partial charge in [0.15, 0.2) is 0 Å². The minimum atomic E-state index is 0.0815. The average Bonchev–Trinajstić information content (AvgIpc) is 2.84. The third-order valence-electron chi connectivity index (χ3n) is 3.21. The molecule has 1 unspecified atom stereocenters. The summed E-state index contributed by atoms with van der Waals surface area (Å²) in [6.45, 7) is 5.02. The summed E-state index contributed by atoms with van der Waals surface area (Å²) in [5, 5.41) is 0. The molecular formula is C14H20N2O. The van der Waals surface area contributed by atoms with Gasteiger partial charge in [-0.25, -0.2) is 5.43 Å². The highest BCUT2D eigenvalue weighted by atomic mass is 16.5. The summed E-state index contributed by atoms with van der Waals surface area (Å²) in [6.07, 6.45) is 3.98. The van der Waals surface area contributed by atoms with Crippen molar-refractivity contribution in [1.82, 2.24) is 5.43 Å². The number of rotatable bonds is 4. The van der Waals surface area contributed by atoms with E-state index < -0.39 is 0 Å². The molecule has 0 fully saturated rings. The molecular weight excluding hydrogens is 212 g/mol. The van der Waals surface area contributed by atoms with Crippen LogP contribution in [0.25, 0.3) is 0 Å². The first-order valence-corrected chi connectivity index (χ1v) is 6.06. The molecule has 92 valence electrons. The van der Waals surface area contributed by atoms with Crippen molar-refractivity contribution in [3.8, 4) is 0 Å². The summed E-state index contributed by atoms with van der Waals surface area (Å²) in [5.74, 6) is 6.60. The predicted octanol–water partition coefficient (Wildman–Crippen LogP) is 1.98. The molecule has 17 heavy (non-hydrogen) atoms. The smallest absolute Gasteiger partial charge is 0.111 e. The third kappa shape index (κ3) is 2.87. The molecule has 0 bridgehead atoms. The lowest BCUT2D eigenvalue weighted by Gasteiger charge is -2.18. The Labute approximate surface area is 103 Å². The van der Waals surface area contributed by atoms with E-state index in [0.29, 0.717) is 0 Å². The number of aryl methyl sites for hydroxylation is 2. The molecule has 0 aromatic heterocycles. The summed E-state index contributed by atoms with van der Waals surface area (Å²) in [7, 11) is 0. The Morgan fingerprint density at radius 1 is 1.41 bits per heavy atom. The molecule has 0 saturated carbocycles. The zero-order chi connectivity index (χ0) is 12.3. The van der Waals surface area contributed by atoms with E-state index in [1.807, 2.05) is 0 Å². The Bertz CT molecular complexity index is 426. The minimum Gasteiger partial charge on any atom is -0.496 e. The van der Waals surface area contributed by atoms with Gasteiger partial charge in [0.2, 0.25) is 0 Å². The molecule has 1 heterocycles. The van der Waals surface area contributed by atoms with Gasteiger partial charge >= 0.3 is 0 Å². The Morgan fingerprint density at radius 2 is 2.24 bits per heavy atom. The monoisotopic (exact) mass is 232 g/mol. The quantitative estimate of drug-likeness (QED) is 0.616. The van der Waals surface area contributed by atoms with E-state index in [1.165, 1.54) is 16.7 Å². The normalized spacial score (nSPS) is 16.5. The fourth-order valence-corrected chi connectivity index (χ4v) is 2.16. The molecule has 0 radical (unpaired) electrons. The molecule has 1 atom stereocenters. The first-order valence-electron chi connectivity index (χ1n) is 6.06. The molecule has 0 aliphatic carbocycles. The molecule has 1 aromatic carbocycles. The molecule has 2 rings (SSSR count). The van der Waals surface area contributed by atoms with E-state index in [1.54, 1.807) is 0 Å². The SMILES string of the molecule is Cc1ccc(C)c(CC(NN)C2=CCCO2)c1. The Morgan fingerprint density at radius 3 is 2.88 bits per heavy atom. The number of benzene rings is 1. The van der Waals surface area contributed by atoms with Crippen LogP contribution < -0.4 is 11.3 Å². The van der Waals surface area contributed by atoms with Crippen LogP contribution in [0, 0.1) is 13.8 Å². The van der Waals surface area contributed by atoms with E-state index in [0.717, 1.165) is 25.2 Å². The van der Waals surface area contributed by atoms with Gasteiger partial charge < -0.3 is 4.74 Å². The number of nitrogens with two attached hydrogens (primary N) is 1. The zero-order valence-electron chi connectivity index (χ0n) is 10.5. The largest absolute Gasteiger partial charge is 0.496 e. The average molecular weight is 232 g/mol. The van der Waals surface area contributed by atoms with Crippen LogP contribution >= 0.6 is 0 Å². The summed E-state index contributed by atoms with van der Waals surface area (Å²) in [4.78, 5) is 0. The first-order chi connectivity index (χ1) is 8.20. The summed E-state index contributed by atoms with van der Waals surface area (Å²) in [6, 6.07) is 6.59. The standard InChI is InChI=1S/C14H20N2O/c1-10-5-6-11(2)12(8-10)9-13(16-15)14-4-3-7-17-14/h4-6,8,13,16H,3,7,9,15H2,1-2H3. The van der Waals surface area contributed by atoms with Crippen molar-refractivity contribution in [2.75, 3.05) is 6.61 Å². The van der Waals surface area contributed by atoms with Gasteiger partial charge in [0, 0.05) is 6.42 Å². The van der Waals surface area contributed by atoms with Crippen molar-refractivity contribution >= 4 is 0 Å². The number of hydrazine groups is 1. The maximum atomic E-state index is 5.62. The van der Waals surface area contributed by atoms with Gasteiger partial charge in [-0.1, -0.05) is 23.8 Å². The lowest BCUT2D eigenvalue weighted by Crippen LogP contribution is -2.38. The van der Waals surface area contributed by atoms with Crippen LogP contribution in [-0.4, -0.2) is 12.6 Å². The molecule has 0 saturated heterocycles. The van der Waals surface area contributed by atoms with E-state index in [9.17, 15) is 0 Å². The van der Waals surface area contributed by atoms with Crippen LogP contribution in [0.4, 0.5) is 0 Å². The van der Waals surface area contributed by atoms with Crippen LogP contribution in [0.3, 0.4) is 0 Å². The van der Waals surface area contributed by atoms with Crippen LogP contribution in [0.15, 0.2) is 30.0 Å². The third-order valence-corrected chi connectivity index (χ3v) is 3.21. The summed E-state index contributed by atoms with van der Waals surface area (Å²) < 4.78 is 5.57. The lowest BCUT2D eigenvalue weighted by molar-refractivity contribution is 0.214. The van der Waals surface area contributed by atoms with Gasteiger partial charge in [0.1, 0.15) is 5.76 Å². The first kappa shape index (κ1) is 12.1. The van der Waals surface area contributed by atoms with Crippen LogP contribution in [0.2, 0.25) is 0 Å². The maximum Gasteiger partial charge on any atom is 0.111 e. The predicted molar refractivity (Wildman–Crippen MR) is 69.4 cm³/mol. The highest BCUT2D eigenvalue weighted by molar-refractivity contribution is 5.32. The Balaban J connectivity index is 2.15. The van der Waals surface area contributed by atoms with E-state index in [-0.39, 0.29) is 6.04 Å². The second-order valence-corrected chi connectivity index (χ2v) is 4.60. The van der Waals surface area contributed by atoms with Gasteiger partial charge in [-0.15, -0.1) is 0 Å². The fourth-order valence-electron chi connectivity index (χ4n) is 2.16. The van der Waals surface area contributed by atoms with Gasteiger partial charge in [-0.2, -0.15) is 0 Å². The van der Waals surface area contributed by atoms with Gasteiger partial charge in [-0.3, -0.25) is 5.84 Å². The molecule has 0 spiro atoms. The minimum absolute atomic E-state index is 0.0815. The van der Waals surface area contributed by atoms with Crippen molar-refractivity contribution < 1.29 is 4.74 Å². The van der Waals surface area contributed by atoms with Crippen LogP contribution in [0.5, 0.6) is 0 Å². The van der Waals surface area contributed by atoms with Gasteiger partial charge in [0.05, 0.1) is 12.6 Å². The van der Waals surface area contributed by atoms with Crippen molar-refractivity contribution in [1.29, 1.82) is 0 Å². The van der Waals surface area contributed by atoms with Gasteiger partial charge in [-0.05, 0) is 37.5 Å². The highest BCUT2D eigenvalue weighted by Crippen LogP contribution is 2.19. The fraction of sp³-hybridized carbons (Fsp3) is 0.429. The Hall–Kier alpha value is -1.32. The summed E-state index contributed by atoms with van der Waals surface area (Å²) in [5.41, 5.74) is 6.75. The molecule has 3 nitrogen and oxygen atoms in total. The van der Waals surface area contributed by atoms with E-state index in [4.69, 9.17) is 10.6 Å². The van der Waals surface area contributed by atoms with Crippen LogP contribution in [-0.2, 0) is 11.2 Å². The number of hydrogen-bond donors (Lipinski definition) is 2. The molecule has 3 N–H and O–H groups in total. The Kier molecular flexibility index (Phi) is 3.82. The number of hydrogen-bond acceptors (Lipinski definition) is 3. The van der Waals surface area contributed by atoms with Gasteiger partial charge in [0.25, 0.3) is 0 Å². The molecule has 0 amide bonds. The number of nitrogens with one attached hydrogen (secondary N) is 1. The second-order valence-electron chi connectivity index (χ2n) is 4.60. The molecule has 3 heteroatoms.